The van der Waals surface area contributed by atoms with Crippen molar-refractivity contribution >= 4 is 11.7 Å². The van der Waals surface area contributed by atoms with Crippen LogP contribution in [0.15, 0.2) is 47.3 Å². The van der Waals surface area contributed by atoms with Crippen LogP contribution in [0.1, 0.15) is 11.8 Å². The molecule has 0 saturated heterocycles. The van der Waals surface area contributed by atoms with Crippen molar-refractivity contribution in [1.29, 1.82) is 0 Å². The number of nitrogens with one attached hydrogen (secondary N) is 2. The van der Waals surface area contributed by atoms with Crippen LogP contribution < -0.4 is 10.6 Å². The molecule has 0 radical (unpaired) electrons. The van der Waals surface area contributed by atoms with Gasteiger partial charge in [0.05, 0.1) is 12.3 Å². The van der Waals surface area contributed by atoms with E-state index in [0.29, 0.717) is 12.2 Å². The highest BCUT2D eigenvalue weighted by atomic mass is 16.3. The van der Waals surface area contributed by atoms with Crippen molar-refractivity contribution in [2.75, 3.05) is 26.0 Å². The summed E-state index contributed by atoms with van der Waals surface area (Å²) in [4.78, 5) is 17.7. The lowest BCUT2D eigenvalue weighted by Gasteiger charge is -2.22. The Morgan fingerprint density at radius 2 is 2.10 bits per heavy atom. The van der Waals surface area contributed by atoms with Crippen LogP contribution in [0.25, 0.3) is 0 Å². The molecule has 0 bridgehead atoms. The van der Waals surface area contributed by atoms with Crippen LogP contribution in [0.4, 0.5) is 10.5 Å². The van der Waals surface area contributed by atoms with Crippen molar-refractivity contribution in [2.45, 2.75) is 6.04 Å². The van der Waals surface area contributed by atoms with Crippen LogP contribution in [0.3, 0.4) is 0 Å². The van der Waals surface area contributed by atoms with Crippen molar-refractivity contribution < 1.29 is 9.21 Å². The zero-order valence-electron chi connectivity index (χ0n) is 11.5. The summed E-state index contributed by atoms with van der Waals surface area (Å²) in [6.45, 7) is 0.456. The van der Waals surface area contributed by atoms with E-state index >= 15 is 0 Å². The minimum Gasteiger partial charge on any atom is -0.468 e. The van der Waals surface area contributed by atoms with Gasteiger partial charge in [0.25, 0.3) is 0 Å². The predicted molar refractivity (Wildman–Crippen MR) is 76.4 cm³/mol. The Kier molecular flexibility index (Phi) is 4.73. The zero-order valence-corrected chi connectivity index (χ0v) is 11.5. The van der Waals surface area contributed by atoms with Gasteiger partial charge in [0, 0.05) is 24.6 Å². The maximum Gasteiger partial charge on any atom is 0.319 e. The van der Waals surface area contributed by atoms with Gasteiger partial charge in [-0.3, -0.25) is 9.88 Å². The largest absolute Gasteiger partial charge is 0.468 e. The number of hydrogen-bond acceptors (Lipinski definition) is 4. The van der Waals surface area contributed by atoms with Gasteiger partial charge in [-0.05, 0) is 38.4 Å². The average molecular weight is 274 g/mol. The van der Waals surface area contributed by atoms with Crippen LogP contribution in [0.5, 0.6) is 0 Å². The summed E-state index contributed by atoms with van der Waals surface area (Å²) in [7, 11) is 3.88. The number of hydrogen-bond donors (Lipinski definition) is 2. The van der Waals surface area contributed by atoms with Crippen LogP contribution in [0.2, 0.25) is 0 Å². The fraction of sp³-hybridized carbons (Fsp3) is 0.286. The summed E-state index contributed by atoms with van der Waals surface area (Å²) in [5, 5.41) is 5.57. The summed E-state index contributed by atoms with van der Waals surface area (Å²) < 4.78 is 5.39. The van der Waals surface area contributed by atoms with E-state index in [4.69, 9.17) is 4.42 Å². The molecule has 6 heteroatoms. The molecule has 2 N–H and O–H groups in total. The molecule has 0 aromatic carbocycles. The molecular weight excluding hydrogens is 256 g/mol. The van der Waals surface area contributed by atoms with E-state index in [1.807, 2.05) is 31.1 Å². The quantitative estimate of drug-likeness (QED) is 0.876. The van der Waals surface area contributed by atoms with Gasteiger partial charge in [-0.2, -0.15) is 0 Å². The van der Waals surface area contributed by atoms with Gasteiger partial charge in [-0.25, -0.2) is 4.79 Å². The van der Waals surface area contributed by atoms with Crippen LogP contribution in [-0.4, -0.2) is 36.6 Å². The van der Waals surface area contributed by atoms with E-state index in [-0.39, 0.29) is 12.1 Å². The number of aromatic nitrogens is 1. The molecule has 2 heterocycles. The highest BCUT2D eigenvalue weighted by Crippen LogP contribution is 2.17. The number of likely N-dealkylation sites (N-methyl/N-ethyl adjacent to an activating group) is 1. The average Bonchev–Trinajstić information content (AvgIpc) is 2.93. The fourth-order valence-corrected chi connectivity index (χ4v) is 1.82. The van der Waals surface area contributed by atoms with Crippen molar-refractivity contribution in [3.63, 3.8) is 0 Å². The predicted octanol–water partition coefficient (Wildman–Crippen LogP) is 2.10. The highest BCUT2D eigenvalue weighted by molar-refractivity contribution is 5.89. The highest BCUT2D eigenvalue weighted by Gasteiger charge is 2.17. The minimum absolute atomic E-state index is 0.00631. The first-order valence-corrected chi connectivity index (χ1v) is 6.31. The van der Waals surface area contributed by atoms with Gasteiger partial charge in [0.1, 0.15) is 5.76 Å². The van der Waals surface area contributed by atoms with Crippen LogP contribution in [-0.2, 0) is 0 Å². The third-order valence-electron chi connectivity index (χ3n) is 2.89. The Hall–Kier alpha value is -2.34. The number of nitrogens with zero attached hydrogens (tertiary/aromatic N) is 2. The summed E-state index contributed by atoms with van der Waals surface area (Å²) in [6.07, 6.45) is 4.88. The Morgan fingerprint density at radius 3 is 2.70 bits per heavy atom. The molecule has 0 aliphatic carbocycles. The molecule has 0 fully saturated rings. The maximum absolute atomic E-state index is 11.8. The van der Waals surface area contributed by atoms with Gasteiger partial charge in [0.2, 0.25) is 0 Å². The standard InChI is InChI=1S/C14H18N4O2/c1-18(2)12(13-4-3-9-20-13)10-16-14(19)17-11-5-7-15-8-6-11/h3-9,12H,10H2,1-2H3,(H2,15,16,17,19). The molecule has 20 heavy (non-hydrogen) atoms. The summed E-state index contributed by atoms with van der Waals surface area (Å²) in [5.74, 6) is 0.819. The molecule has 6 nitrogen and oxygen atoms in total. The summed E-state index contributed by atoms with van der Waals surface area (Å²) >= 11 is 0. The fourth-order valence-electron chi connectivity index (χ4n) is 1.82. The molecule has 0 saturated carbocycles. The molecule has 0 aliphatic rings. The lowest BCUT2D eigenvalue weighted by Crippen LogP contribution is -2.36. The lowest BCUT2D eigenvalue weighted by molar-refractivity contribution is 0.233. The minimum atomic E-state index is -0.255. The van der Waals surface area contributed by atoms with E-state index < -0.39 is 0 Å². The van der Waals surface area contributed by atoms with Gasteiger partial charge in [-0.15, -0.1) is 0 Å². The molecule has 2 aromatic rings. The summed E-state index contributed by atoms with van der Waals surface area (Å²) in [5.41, 5.74) is 0.705. The van der Waals surface area contributed by atoms with E-state index in [0.717, 1.165) is 5.76 Å². The normalized spacial score (nSPS) is 12.2. The van der Waals surface area contributed by atoms with Gasteiger partial charge in [0.15, 0.2) is 0 Å². The number of rotatable bonds is 5. The molecule has 0 spiro atoms. The number of urea groups is 1. The molecule has 2 amide bonds. The van der Waals surface area contributed by atoms with E-state index in [1.165, 1.54) is 0 Å². The molecule has 106 valence electrons. The Balaban J connectivity index is 1.88. The molecule has 1 unspecified atom stereocenters. The SMILES string of the molecule is CN(C)C(CNC(=O)Nc1ccncc1)c1ccco1. The first-order chi connectivity index (χ1) is 9.66. The number of amides is 2. The molecule has 0 aliphatic heterocycles. The molecule has 2 aromatic heterocycles. The Morgan fingerprint density at radius 1 is 1.35 bits per heavy atom. The van der Waals surface area contributed by atoms with Crippen molar-refractivity contribution in [3.8, 4) is 0 Å². The van der Waals surface area contributed by atoms with E-state index in [9.17, 15) is 4.79 Å². The van der Waals surface area contributed by atoms with Crippen LogP contribution in [0, 0.1) is 0 Å². The monoisotopic (exact) mass is 274 g/mol. The number of pyridine rings is 1. The topological polar surface area (TPSA) is 70.4 Å². The lowest BCUT2D eigenvalue weighted by atomic mass is 10.2. The second-order valence-corrected chi connectivity index (χ2v) is 4.57. The third kappa shape index (κ3) is 3.83. The molecule has 2 rings (SSSR count). The van der Waals surface area contributed by atoms with Crippen molar-refractivity contribution in [1.82, 2.24) is 15.2 Å². The van der Waals surface area contributed by atoms with Crippen molar-refractivity contribution in [3.05, 3.63) is 48.7 Å². The third-order valence-corrected chi connectivity index (χ3v) is 2.89. The Labute approximate surface area is 117 Å². The smallest absolute Gasteiger partial charge is 0.319 e. The molecular formula is C14H18N4O2. The first kappa shape index (κ1) is 14.1. The van der Waals surface area contributed by atoms with Gasteiger partial charge < -0.3 is 15.1 Å². The summed E-state index contributed by atoms with van der Waals surface area (Å²) in [6, 6.07) is 6.93. The van der Waals surface area contributed by atoms with E-state index in [2.05, 4.69) is 15.6 Å². The zero-order chi connectivity index (χ0) is 14.4. The number of carbonyl (C=O) groups is 1. The first-order valence-electron chi connectivity index (χ1n) is 6.31. The maximum atomic E-state index is 11.8. The Bertz CT molecular complexity index is 525. The van der Waals surface area contributed by atoms with Crippen molar-refractivity contribution in [2.24, 2.45) is 0 Å². The number of carbonyl (C=O) groups excluding carboxylic acids is 1. The second kappa shape index (κ2) is 6.72. The van der Waals surface area contributed by atoms with Gasteiger partial charge in [-0.1, -0.05) is 0 Å². The van der Waals surface area contributed by atoms with Crippen LogP contribution >= 0.6 is 0 Å². The van der Waals surface area contributed by atoms with E-state index in [1.54, 1.807) is 30.8 Å². The van der Waals surface area contributed by atoms with Gasteiger partial charge >= 0.3 is 6.03 Å². The second-order valence-electron chi connectivity index (χ2n) is 4.57. The number of furan rings is 1. The number of anilines is 1. The molecule has 1 atom stereocenters.